The third-order valence-corrected chi connectivity index (χ3v) is 4.25. The Balaban J connectivity index is 2.04. The molecule has 0 radical (unpaired) electrons. The quantitative estimate of drug-likeness (QED) is 0.859. The first-order valence-electron chi connectivity index (χ1n) is 7.96. The van der Waals surface area contributed by atoms with Gasteiger partial charge in [-0.1, -0.05) is 13.8 Å². The van der Waals surface area contributed by atoms with Crippen molar-refractivity contribution in [3.63, 3.8) is 0 Å². The molecule has 1 saturated carbocycles. The van der Waals surface area contributed by atoms with Crippen molar-refractivity contribution in [2.45, 2.75) is 65.0 Å². The summed E-state index contributed by atoms with van der Waals surface area (Å²) in [5, 5.41) is 3.68. The van der Waals surface area contributed by atoms with Crippen molar-refractivity contribution in [2.24, 2.45) is 5.92 Å². The van der Waals surface area contributed by atoms with Gasteiger partial charge in [-0.2, -0.15) is 0 Å². The number of hydrogen-bond acceptors (Lipinski definition) is 3. The molecule has 1 aliphatic rings. The average molecular weight is 276 g/mol. The van der Waals surface area contributed by atoms with Crippen LogP contribution in [0.4, 0.5) is 0 Å². The van der Waals surface area contributed by atoms with Crippen LogP contribution >= 0.6 is 0 Å². The monoisotopic (exact) mass is 276 g/mol. The molecular formula is C17H28N2O. The SMILES string of the molecule is CCCNC1CCC(c2cncc(OC(C)C)c2)C1C. The van der Waals surface area contributed by atoms with Gasteiger partial charge in [0.15, 0.2) is 0 Å². The van der Waals surface area contributed by atoms with E-state index in [0.29, 0.717) is 17.9 Å². The van der Waals surface area contributed by atoms with Crippen LogP contribution in [0.25, 0.3) is 0 Å². The van der Waals surface area contributed by atoms with Gasteiger partial charge in [-0.15, -0.1) is 0 Å². The topological polar surface area (TPSA) is 34.2 Å². The highest BCUT2D eigenvalue weighted by atomic mass is 16.5. The Morgan fingerprint density at radius 1 is 1.35 bits per heavy atom. The van der Waals surface area contributed by atoms with E-state index < -0.39 is 0 Å². The van der Waals surface area contributed by atoms with Gasteiger partial charge in [0.05, 0.1) is 12.3 Å². The second-order valence-electron chi connectivity index (χ2n) is 6.22. The Kier molecular flexibility index (Phi) is 5.41. The van der Waals surface area contributed by atoms with Crippen molar-refractivity contribution >= 4 is 0 Å². The maximum absolute atomic E-state index is 5.76. The highest BCUT2D eigenvalue weighted by Gasteiger charge is 2.33. The molecule has 1 fully saturated rings. The molecule has 3 heteroatoms. The molecule has 0 aromatic carbocycles. The van der Waals surface area contributed by atoms with Crippen LogP contribution in [0.1, 0.15) is 58.4 Å². The summed E-state index contributed by atoms with van der Waals surface area (Å²) in [7, 11) is 0. The van der Waals surface area contributed by atoms with E-state index in [1.807, 2.05) is 12.4 Å². The molecule has 1 aromatic rings. The zero-order chi connectivity index (χ0) is 14.5. The molecule has 1 heterocycles. The lowest BCUT2D eigenvalue weighted by atomic mass is 9.90. The summed E-state index contributed by atoms with van der Waals surface area (Å²) in [5.41, 5.74) is 1.33. The zero-order valence-electron chi connectivity index (χ0n) is 13.2. The molecule has 20 heavy (non-hydrogen) atoms. The van der Waals surface area contributed by atoms with Crippen molar-refractivity contribution in [1.82, 2.24) is 10.3 Å². The fraction of sp³-hybridized carbons (Fsp3) is 0.706. The van der Waals surface area contributed by atoms with Crippen LogP contribution in [-0.2, 0) is 0 Å². The van der Waals surface area contributed by atoms with Crippen molar-refractivity contribution in [2.75, 3.05) is 6.54 Å². The molecule has 1 N–H and O–H groups in total. The van der Waals surface area contributed by atoms with Gasteiger partial charge in [0.1, 0.15) is 5.75 Å². The van der Waals surface area contributed by atoms with Crippen LogP contribution in [0.3, 0.4) is 0 Å². The van der Waals surface area contributed by atoms with E-state index in [4.69, 9.17) is 4.74 Å². The van der Waals surface area contributed by atoms with Crippen LogP contribution in [-0.4, -0.2) is 23.7 Å². The molecule has 3 unspecified atom stereocenters. The number of ether oxygens (including phenoxy) is 1. The molecule has 1 aromatic heterocycles. The predicted molar refractivity (Wildman–Crippen MR) is 83.2 cm³/mol. The molecule has 0 saturated heterocycles. The summed E-state index contributed by atoms with van der Waals surface area (Å²) in [5.74, 6) is 2.17. The van der Waals surface area contributed by atoms with Gasteiger partial charge in [-0.25, -0.2) is 0 Å². The molecule has 0 bridgehead atoms. The average Bonchev–Trinajstić information content (AvgIpc) is 2.77. The van der Waals surface area contributed by atoms with E-state index in [1.165, 1.54) is 24.8 Å². The van der Waals surface area contributed by atoms with E-state index in [1.54, 1.807) is 0 Å². The molecule has 1 aliphatic carbocycles. The number of rotatable bonds is 6. The second kappa shape index (κ2) is 7.07. The van der Waals surface area contributed by atoms with Gasteiger partial charge in [0.25, 0.3) is 0 Å². The smallest absolute Gasteiger partial charge is 0.138 e. The van der Waals surface area contributed by atoms with E-state index in [2.05, 4.69) is 44.1 Å². The number of pyridine rings is 1. The maximum atomic E-state index is 5.76. The fourth-order valence-corrected chi connectivity index (χ4v) is 3.23. The molecular weight excluding hydrogens is 248 g/mol. The molecule has 0 aliphatic heterocycles. The van der Waals surface area contributed by atoms with E-state index in [9.17, 15) is 0 Å². The molecule has 2 rings (SSSR count). The lowest BCUT2D eigenvalue weighted by Gasteiger charge is -2.22. The Morgan fingerprint density at radius 3 is 2.85 bits per heavy atom. The van der Waals surface area contributed by atoms with Gasteiger partial charge < -0.3 is 10.1 Å². The van der Waals surface area contributed by atoms with Crippen molar-refractivity contribution < 1.29 is 4.74 Å². The number of hydrogen-bond donors (Lipinski definition) is 1. The van der Waals surface area contributed by atoms with Gasteiger partial charge >= 0.3 is 0 Å². The number of nitrogens with zero attached hydrogens (tertiary/aromatic N) is 1. The summed E-state index contributed by atoms with van der Waals surface area (Å²) < 4.78 is 5.76. The molecule has 0 spiro atoms. The minimum atomic E-state index is 0.201. The second-order valence-corrected chi connectivity index (χ2v) is 6.22. The minimum Gasteiger partial charge on any atom is -0.489 e. The summed E-state index contributed by atoms with van der Waals surface area (Å²) in [6, 6.07) is 2.82. The van der Waals surface area contributed by atoms with Crippen molar-refractivity contribution in [1.29, 1.82) is 0 Å². The first kappa shape index (κ1) is 15.3. The van der Waals surface area contributed by atoms with E-state index in [0.717, 1.165) is 12.3 Å². The molecule has 3 nitrogen and oxygen atoms in total. The van der Waals surface area contributed by atoms with E-state index >= 15 is 0 Å². The summed E-state index contributed by atoms with van der Waals surface area (Å²) in [6.07, 6.45) is 7.74. The molecule has 0 amide bonds. The Morgan fingerprint density at radius 2 is 2.15 bits per heavy atom. The maximum Gasteiger partial charge on any atom is 0.138 e. The van der Waals surface area contributed by atoms with Crippen LogP contribution in [0.2, 0.25) is 0 Å². The number of aromatic nitrogens is 1. The van der Waals surface area contributed by atoms with Crippen LogP contribution < -0.4 is 10.1 Å². The Hall–Kier alpha value is -1.09. The Labute approximate surface area is 123 Å². The van der Waals surface area contributed by atoms with Crippen molar-refractivity contribution in [3.05, 3.63) is 24.0 Å². The first-order valence-corrected chi connectivity index (χ1v) is 7.96. The first-order chi connectivity index (χ1) is 9.61. The van der Waals surface area contributed by atoms with E-state index in [-0.39, 0.29) is 6.10 Å². The van der Waals surface area contributed by atoms with Crippen LogP contribution in [0.15, 0.2) is 18.5 Å². The third-order valence-electron chi connectivity index (χ3n) is 4.25. The largest absolute Gasteiger partial charge is 0.489 e. The molecule has 112 valence electrons. The predicted octanol–water partition coefficient (Wildman–Crippen LogP) is 3.75. The normalized spacial score (nSPS) is 26.1. The van der Waals surface area contributed by atoms with Gasteiger partial charge in [-0.3, -0.25) is 4.98 Å². The summed E-state index contributed by atoms with van der Waals surface area (Å²) in [6.45, 7) is 9.81. The lowest BCUT2D eigenvalue weighted by Crippen LogP contribution is -2.32. The number of nitrogens with one attached hydrogen (secondary N) is 1. The third kappa shape index (κ3) is 3.72. The van der Waals surface area contributed by atoms with Crippen LogP contribution in [0.5, 0.6) is 5.75 Å². The highest BCUT2D eigenvalue weighted by molar-refractivity contribution is 5.28. The Bertz CT molecular complexity index is 419. The van der Waals surface area contributed by atoms with Gasteiger partial charge in [-0.05, 0) is 63.1 Å². The van der Waals surface area contributed by atoms with Gasteiger partial charge in [0, 0.05) is 12.2 Å². The minimum absolute atomic E-state index is 0.201. The van der Waals surface area contributed by atoms with Crippen LogP contribution in [0, 0.1) is 5.92 Å². The summed E-state index contributed by atoms with van der Waals surface area (Å²) >= 11 is 0. The van der Waals surface area contributed by atoms with Gasteiger partial charge in [0.2, 0.25) is 0 Å². The molecule has 3 atom stereocenters. The highest BCUT2D eigenvalue weighted by Crippen LogP contribution is 2.40. The zero-order valence-corrected chi connectivity index (χ0v) is 13.2. The van der Waals surface area contributed by atoms with Crippen molar-refractivity contribution in [3.8, 4) is 5.75 Å². The summed E-state index contributed by atoms with van der Waals surface area (Å²) in [4.78, 5) is 4.36. The standard InChI is InChI=1S/C17H28N2O/c1-5-8-19-17-7-6-16(13(17)4)14-9-15(11-18-10-14)20-12(2)3/h9-13,16-17,19H,5-8H2,1-4H3. The lowest BCUT2D eigenvalue weighted by molar-refractivity contribution is 0.241. The fourth-order valence-electron chi connectivity index (χ4n) is 3.23.